The largest absolute Gasteiger partial charge is 0.395 e. The van der Waals surface area contributed by atoms with Gasteiger partial charge in [-0.2, -0.15) is 4.98 Å². The van der Waals surface area contributed by atoms with Gasteiger partial charge in [-0.3, -0.25) is 4.90 Å². The van der Waals surface area contributed by atoms with Gasteiger partial charge in [-0.25, -0.2) is 4.98 Å². The number of nitrogens with two attached hydrogens (primary N) is 1. The van der Waals surface area contributed by atoms with Crippen LogP contribution in [-0.2, 0) is 0 Å². The van der Waals surface area contributed by atoms with E-state index in [0.29, 0.717) is 19.0 Å². The Morgan fingerprint density at radius 2 is 2.11 bits per heavy atom. The van der Waals surface area contributed by atoms with Gasteiger partial charge in [0.1, 0.15) is 5.82 Å². The van der Waals surface area contributed by atoms with Crippen molar-refractivity contribution in [2.45, 2.75) is 0 Å². The second-order valence-electron chi connectivity index (χ2n) is 4.51. The molecular weight excluding hydrogens is 244 g/mol. The number of hydrogen-bond donors (Lipinski definition) is 3. The highest BCUT2D eigenvalue weighted by Crippen LogP contribution is 2.14. The smallest absolute Gasteiger partial charge is 0.224 e. The van der Waals surface area contributed by atoms with Crippen molar-refractivity contribution in [2.75, 3.05) is 62.6 Å². The number of aliphatic hydroxyl groups is 1. The highest BCUT2D eigenvalue weighted by molar-refractivity contribution is 5.42. The van der Waals surface area contributed by atoms with Crippen LogP contribution in [0.25, 0.3) is 0 Å². The van der Waals surface area contributed by atoms with Crippen LogP contribution in [0.15, 0.2) is 12.3 Å². The van der Waals surface area contributed by atoms with Gasteiger partial charge >= 0.3 is 0 Å². The summed E-state index contributed by atoms with van der Waals surface area (Å²) in [6, 6.07) is 1.93. The minimum Gasteiger partial charge on any atom is -0.395 e. The Balaban J connectivity index is 1.91. The second-order valence-corrected chi connectivity index (χ2v) is 4.51. The molecule has 1 aromatic rings. The van der Waals surface area contributed by atoms with Crippen LogP contribution in [0, 0.1) is 0 Å². The molecule has 0 aromatic carbocycles. The maximum atomic E-state index is 8.93. The van der Waals surface area contributed by atoms with Gasteiger partial charge in [-0.15, -0.1) is 0 Å². The molecule has 2 rings (SSSR count). The van der Waals surface area contributed by atoms with Gasteiger partial charge in [-0.1, -0.05) is 0 Å². The van der Waals surface area contributed by atoms with Crippen molar-refractivity contribution in [1.29, 1.82) is 0 Å². The third-order valence-corrected chi connectivity index (χ3v) is 3.18. The Kier molecular flexibility index (Phi) is 5.31. The van der Waals surface area contributed by atoms with Crippen LogP contribution in [0.3, 0.4) is 0 Å². The minimum atomic E-state index is 0.223. The van der Waals surface area contributed by atoms with E-state index in [9.17, 15) is 0 Å². The fourth-order valence-corrected chi connectivity index (χ4v) is 2.14. The lowest BCUT2D eigenvalue weighted by molar-refractivity contribution is 0.188. The first-order chi connectivity index (χ1) is 9.33. The van der Waals surface area contributed by atoms with Crippen LogP contribution in [0.2, 0.25) is 0 Å². The first-order valence-corrected chi connectivity index (χ1v) is 6.68. The molecule has 19 heavy (non-hydrogen) atoms. The van der Waals surface area contributed by atoms with Gasteiger partial charge in [0.2, 0.25) is 5.95 Å². The molecule has 1 aromatic heterocycles. The van der Waals surface area contributed by atoms with E-state index in [4.69, 9.17) is 10.8 Å². The molecule has 7 nitrogen and oxygen atoms in total. The summed E-state index contributed by atoms with van der Waals surface area (Å²) in [5.74, 6) is 1.57. The lowest BCUT2D eigenvalue weighted by Gasteiger charge is -2.35. The third kappa shape index (κ3) is 4.02. The van der Waals surface area contributed by atoms with Gasteiger partial charge in [-0.05, 0) is 6.07 Å². The molecular formula is C12H22N6O. The summed E-state index contributed by atoms with van der Waals surface area (Å²) >= 11 is 0. The van der Waals surface area contributed by atoms with E-state index in [0.717, 1.165) is 38.5 Å². The molecule has 106 valence electrons. The standard InChI is InChI=1S/C12H22N6O/c13-2-4-15-12-14-3-1-11(16-12)18-7-5-17(6-8-18)9-10-19/h1,3,19H,2,4-10,13H2,(H,14,15,16). The van der Waals surface area contributed by atoms with Crippen molar-refractivity contribution in [3.8, 4) is 0 Å². The van der Waals surface area contributed by atoms with Crippen molar-refractivity contribution in [3.05, 3.63) is 12.3 Å². The Morgan fingerprint density at radius 3 is 2.79 bits per heavy atom. The van der Waals surface area contributed by atoms with Crippen molar-refractivity contribution in [2.24, 2.45) is 5.73 Å². The highest BCUT2D eigenvalue weighted by Gasteiger charge is 2.17. The van der Waals surface area contributed by atoms with E-state index in [2.05, 4.69) is 25.1 Å². The monoisotopic (exact) mass is 266 g/mol. The molecule has 0 radical (unpaired) electrons. The van der Waals surface area contributed by atoms with E-state index in [1.807, 2.05) is 6.07 Å². The number of rotatable bonds is 6. The molecule has 0 spiro atoms. The van der Waals surface area contributed by atoms with Crippen LogP contribution in [0.5, 0.6) is 0 Å². The average molecular weight is 266 g/mol. The Hall–Kier alpha value is -1.44. The SMILES string of the molecule is NCCNc1nccc(N2CCN(CCO)CC2)n1. The van der Waals surface area contributed by atoms with E-state index >= 15 is 0 Å². The average Bonchev–Trinajstić information content (AvgIpc) is 2.46. The predicted molar refractivity (Wildman–Crippen MR) is 75.3 cm³/mol. The number of piperazine rings is 1. The number of nitrogens with one attached hydrogen (secondary N) is 1. The molecule has 7 heteroatoms. The quantitative estimate of drug-likeness (QED) is 0.606. The third-order valence-electron chi connectivity index (χ3n) is 3.18. The van der Waals surface area contributed by atoms with E-state index in [1.165, 1.54) is 0 Å². The number of aliphatic hydroxyl groups excluding tert-OH is 1. The first kappa shape index (κ1) is 14.0. The second kappa shape index (κ2) is 7.22. The zero-order chi connectivity index (χ0) is 13.5. The fourth-order valence-electron chi connectivity index (χ4n) is 2.14. The Bertz CT molecular complexity index is 380. The summed E-state index contributed by atoms with van der Waals surface area (Å²) in [6.07, 6.45) is 1.77. The topological polar surface area (TPSA) is 90.5 Å². The molecule has 4 N–H and O–H groups in total. The molecule has 1 saturated heterocycles. The van der Waals surface area contributed by atoms with Crippen LogP contribution in [-0.4, -0.2) is 72.4 Å². The number of hydrogen-bond acceptors (Lipinski definition) is 7. The van der Waals surface area contributed by atoms with Crippen molar-refractivity contribution in [3.63, 3.8) is 0 Å². The van der Waals surface area contributed by atoms with Gasteiger partial charge in [0, 0.05) is 52.0 Å². The summed E-state index contributed by atoms with van der Waals surface area (Å²) in [6.45, 7) is 5.97. The van der Waals surface area contributed by atoms with E-state index in [-0.39, 0.29) is 6.61 Å². The zero-order valence-corrected chi connectivity index (χ0v) is 11.1. The fraction of sp³-hybridized carbons (Fsp3) is 0.667. The Labute approximate surface area is 113 Å². The molecule has 1 aliphatic rings. The summed E-state index contributed by atoms with van der Waals surface area (Å²) in [7, 11) is 0. The number of nitrogens with zero attached hydrogens (tertiary/aromatic N) is 4. The molecule has 2 heterocycles. The van der Waals surface area contributed by atoms with Crippen LogP contribution in [0.4, 0.5) is 11.8 Å². The van der Waals surface area contributed by atoms with E-state index < -0.39 is 0 Å². The predicted octanol–water partition coefficient (Wildman–Crippen LogP) is -1.04. The molecule has 0 atom stereocenters. The van der Waals surface area contributed by atoms with Gasteiger partial charge < -0.3 is 21.1 Å². The van der Waals surface area contributed by atoms with Gasteiger partial charge in [0.15, 0.2) is 0 Å². The molecule has 0 amide bonds. The lowest BCUT2D eigenvalue weighted by atomic mass is 10.3. The summed E-state index contributed by atoms with van der Waals surface area (Å²) in [5, 5.41) is 12.0. The zero-order valence-electron chi connectivity index (χ0n) is 11.1. The number of anilines is 2. The van der Waals surface area contributed by atoms with Crippen molar-refractivity contribution < 1.29 is 5.11 Å². The van der Waals surface area contributed by atoms with Gasteiger partial charge in [0.05, 0.1) is 6.61 Å². The highest BCUT2D eigenvalue weighted by atomic mass is 16.3. The van der Waals surface area contributed by atoms with Crippen LogP contribution >= 0.6 is 0 Å². The molecule has 0 aliphatic carbocycles. The first-order valence-electron chi connectivity index (χ1n) is 6.68. The minimum absolute atomic E-state index is 0.223. The Morgan fingerprint density at radius 1 is 1.32 bits per heavy atom. The van der Waals surface area contributed by atoms with Crippen LogP contribution < -0.4 is 16.0 Å². The van der Waals surface area contributed by atoms with Crippen molar-refractivity contribution >= 4 is 11.8 Å². The molecule has 1 fully saturated rings. The summed E-state index contributed by atoms with van der Waals surface area (Å²) in [5.41, 5.74) is 5.45. The molecule has 1 aliphatic heterocycles. The molecule has 0 saturated carbocycles. The molecule has 0 bridgehead atoms. The maximum absolute atomic E-state index is 8.93. The summed E-state index contributed by atoms with van der Waals surface area (Å²) in [4.78, 5) is 13.1. The number of aromatic nitrogens is 2. The van der Waals surface area contributed by atoms with Gasteiger partial charge in [0.25, 0.3) is 0 Å². The maximum Gasteiger partial charge on any atom is 0.224 e. The van der Waals surface area contributed by atoms with E-state index in [1.54, 1.807) is 6.20 Å². The molecule has 0 unspecified atom stereocenters. The van der Waals surface area contributed by atoms with Crippen molar-refractivity contribution in [1.82, 2.24) is 14.9 Å². The lowest BCUT2D eigenvalue weighted by Crippen LogP contribution is -2.47. The van der Waals surface area contributed by atoms with Crippen LogP contribution in [0.1, 0.15) is 0 Å². The summed E-state index contributed by atoms with van der Waals surface area (Å²) < 4.78 is 0. The number of β-amino-alcohol motifs (C(OH)–C–C–N with tert-alkyl or cyclic N) is 1. The normalized spacial score (nSPS) is 16.6.